The van der Waals surface area contributed by atoms with E-state index < -0.39 is 6.10 Å². The average Bonchev–Trinajstić information content (AvgIpc) is 1.82. The van der Waals surface area contributed by atoms with E-state index in [9.17, 15) is 0 Å². The number of nitrogens with two attached hydrogens (primary N) is 2. The highest BCUT2D eigenvalue weighted by Gasteiger charge is 2.06. The minimum absolute atomic E-state index is 0.214. The SMILES string of the molecule is [CH2]C(O)C(N)CCCN. The van der Waals surface area contributed by atoms with Gasteiger partial charge in [0.1, 0.15) is 0 Å². The van der Waals surface area contributed by atoms with Gasteiger partial charge in [0.2, 0.25) is 0 Å². The largest absolute Gasteiger partial charge is 0.392 e. The van der Waals surface area contributed by atoms with Gasteiger partial charge in [-0.25, -0.2) is 0 Å². The molecule has 3 nitrogen and oxygen atoms in total. The molecule has 2 unspecified atom stereocenters. The van der Waals surface area contributed by atoms with Gasteiger partial charge in [-0.3, -0.25) is 0 Å². The van der Waals surface area contributed by atoms with Gasteiger partial charge in [0.25, 0.3) is 0 Å². The lowest BCUT2D eigenvalue weighted by atomic mass is 10.1. The van der Waals surface area contributed by atoms with Crippen molar-refractivity contribution in [1.82, 2.24) is 0 Å². The minimum Gasteiger partial charge on any atom is -0.392 e. The van der Waals surface area contributed by atoms with Crippen LogP contribution in [-0.2, 0) is 0 Å². The third-order valence-electron chi connectivity index (χ3n) is 1.24. The van der Waals surface area contributed by atoms with E-state index in [0.717, 1.165) is 12.8 Å². The Bertz CT molecular complexity index is 66.1. The van der Waals surface area contributed by atoms with Crippen LogP contribution in [0.3, 0.4) is 0 Å². The van der Waals surface area contributed by atoms with E-state index in [0.29, 0.717) is 6.54 Å². The zero-order chi connectivity index (χ0) is 7.28. The Morgan fingerprint density at radius 1 is 1.56 bits per heavy atom. The van der Waals surface area contributed by atoms with Gasteiger partial charge in [0.05, 0.1) is 6.10 Å². The average molecular weight is 131 g/mol. The van der Waals surface area contributed by atoms with Crippen molar-refractivity contribution >= 4 is 0 Å². The second-order valence-electron chi connectivity index (χ2n) is 2.16. The van der Waals surface area contributed by atoms with Crippen LogP contribution in [0.4, 0.5) is 0 Å². The highest BCUT2D eigenvalue weighted by molar-refractivity contribution is 4.72. The third-order valence-corrected chi connectivity index (χ3v) is 1.24. The Morgan fingerprint density at radius 2 is 2.11 bits per heavy atom. The number of aliphatic hydroxyl groups excluding tert-OH is 1. The summed E-state index contributed by atoms with van der Waals surface area (Å²) < 4.78 is 0. The molecular weight excluding hydrogens is 116 g/mol. The first-order valence-corrected chi connectivity index (χ1v) is 3.15. The molecule has 0 rings (SSSR count). The molecule has 0 spiro atoms. The van der Waals surface area contributed by atoms with E-state index in [-0.39, 0.29) is 6.04 Å². The summed E-state index contributed by atoms with van der Waals surface area (Å²) in [5.41, 5.74) is 10.7. The Kier molecular flexibility index (Phi) is 4.67. The molecule has 0 aromatic rings. The number of hydrogen-bond acceptors (Lipinski definition) is 3. The molecule has 0 aliphatic heterocycles. The molecule has 0 heterocycles. The molecule has 0 bridgehead atoms. The maximum Gasteiger partial charge on any atom is 0.0692 e. The van der Waals surface area contributed by atoms with Crippen molar-refractivity contribution in [3.63, 3.8) is 0 Å². The summed E-state index contributed by atoms with van der Waals surface area (Å²) >= 11 is 0. The molecule has 0 aromatic carbocycles. The summed E-state index contributed by atoms with van der Waals surface area (Å²) in [7, 11) is 0. The fraction of sp³-hybridized carbons (Fsp3) is 0.833. The van der Waals surface area contributed by atoms with Crippen molar-refractivity contribution in [2.45, 2.75) is 25.0 Å². The van der Waals surface area contributed by atoms with E-state index in [1.807, 2.05) is 0 Å². The summed E-state index contributed by atoms with van der Waals surface area (Å²) in [6.45, 7) is 4.01. The first kappa shape index (κ1) is 8.88. The molecule has 0 saturated heterocycles. The molecule has 3 heteroatoms. The van der Waals surface area contributed by atoms with Crippen LogP contribution in [0.5, 0.6) is 0 Å². The van der Waals surface area contributed by atoms with Crippen LogP contribution in [0.2, 0.25) is 0 Å². The van der Waals surface area contributed by atoms with Crippen LogP contribution in [0.25, 0.3) is 0 Å². The Morgan fingerprint density at radius 3 is 2.44 bits per heavy atom. The van der Waals surface area contributed by atoms with E-state index >= 15 is 0 Å². The first-order valence-electron chi connectivity index (χ1n) is 3.15. The van der Waals surface area contributed by atoms with Crippen molar-refractivity contribution < 1.29 is 5.11 Å². The van der Waals surface area contributed by atoms with Gasteiger partial charge in [0, 0.05) is 6.04 Å². The summed E-state index contributed by atoms with van der Waals surface area (Å²) in [4.78, 5) is 0. The molecule has 55 valence electrons. The third kappa shape index (κ3) is 4.39. The lowest BCUT2D eigenvalue weighted by Crippen LogP contribution is -2.32. The molecule has 0 saturated carbocycles. The normalized spacial score (nSPS) is 17.3. The van der Waals surface area contributed by atoms with Gasteiger partial charge in [-0.15, -0.1) is 0 Å². The Labute approximate surface area is 56.0 Å². The zero-order valence-electron chi connectivity index (χ0n) is 5.59. The van der Waals surface area contributed by atoms with Crippen LogP contribution in [0.1, 0.15) is 12.8 Å². The summed E-state index contributed by atoms with van der Waals surface area (Å²) in [6.07, 6.45) is 0.950. The van der Waals surface area contributed by atoms with E-state index in [1.54, 1.807) is 0 Å². The van der Waals surface area contributed by atoms with Crippen LogP contribution in [0.15, 0.2) is 0 Å². The van der Waals surface area contributed by atoms with Crippen LogP contribution < -0.4 is 11.5 Å². The summed E-state index contributed by atoms with van der Waals surface area (Å²) in [5.74, 6) is 0. The van der Waals surface area contributed by atoms with Crippen molar-refractivity contribution in [3.05, 3.63) is 6.92 Å². The summed E-state index contributed by atoms with van der Waals surface area (Å²) in [5, 5.41) is 8.77. The van der Waals surface area contributed by atoms with Crippen LogP contribution in [0, 0.1) is 6.92 Å². The van der Waals surface area contributed by atoms with Gasteiger partial charge in [-0.05, 0) is 26.3 Å². The smallest absolute Gasteiger partial charge is 0.0692 e. The molecular formula is C6H15N2O. The quantitative estimate of drug-likeness (QED) is 0.470. The molecule has 0 fully saturated rings. The molecule has 0 aliphatic rings. The van der Waals surface area contributed by atoms with Gasteiger partial charge < -0.3 is 16.6 Å². The molecule has 2 atom stereocenters. The monoisotopic (exact) mass is 131 g/mol. The van der Waals surface area contributed by atoms with Gasteiger partial charge in [-0.2, -0.15) is 0 Å². The molecule has 9 heavy (non-hydrogen) atoms. The molecule has 1 radical (unpaired) electrons. The fourth-order valence-electron chi connectivity index (χ4n) is 0.546. The van der Waals surface area contributed by atoms with Crippen molar-refractivity contribution in [3.8, 4) is 0 Å². The van der Waals surface area contributed by atoms with E-state index in [2.05, 4.69) is 6.92 Å². The van der Waals surface area contributed by atoms with Crippen LogP contribution >= 0.6 is 0 Å². The second-order valence-corrected chi connectivity index (χ2v) is 2.16. The van der Waals surface area contributed by atoms with Crippen LogP contribution in [-0.4, -0.2) is 23.8 Å². The lowest BCUT2D eigenvalue weighted by molar-refractivity contribution is 0.183. The summed E-state index contributed by atoms with van der Waals surface area (Å²) in [6, 6.07) is -0.214. The Hall–Kier alpha value is -0.120. The maximum atomic E-state index is 8.77. The van der Waals surface area contributed by atoms with Crippen molar-refractivity contribution in [2.75, 3.05) is 6.54 Å². The molecule has 0 aliphatic carbocycles. The number of hydrogen-bond donors (Lipinski definition) is 3. The molecule has 5 N–H and O–H groups in total. The molecule has 0 amide bonds. The van der Waals surface area contributed by atoms with Crippen molar-refractivity contribution in [1.29, 1.82) is 0 Å². The van der Waals surface area contributed by atoms with E-state index in [4.69, 9.17) is 16.6 Å². The minimum atomic E-state index is -0.656. The number of aliphatic hydroxyl groups is 1. The zero-order valence-corrected chi connectivity index (χ0v) is 5.59. The second kappa shape index (κ2) is 4.73. The first-order chi connectivity index (χ1) is 4.18. The highest BCUT2D eigenvalue weighted by atomic mass is 16.3. The standard InChI is InChI=1S/C6H15N2O/c1-5(9)6(8)3-2-4-7/h5-6,9H,1-4,7-8H2. The fourth-order valence-corrected chi connectivity index (χ4v) is 0.546. The topological polar surface area (TPSA) is 72.3 Å². The van der Waals surface area contributed by atoms with Gasteiger partial charge in [-0.1, -0.05) is 0 Å². The van der Waals surface area contributed by atoms with E-state index in [1.165, 1.54) is 0 Å². The lowest BCUT2D eigenvalue weighted by Gasteiger charge is -2.12. The Balaban J connectivity index is 3.16. The predicted molar refractivity (Wildman–Crippen MR) is 37.6 cm³/mol. The predicted octanol–water partition coefficient (Wildman–Crippen LogP) is -0.752. The van der Waals surface area contributed by atoms with Crippen molar-refractivity contribution in [2.24, 2.45) is 11.5 Å². The highest BCUT2D eigenvalue weighted by Crippen LogP contribution is 1.96. The van der Waals surface area contributed by atoms with Gasteiger partial charge in [0.15, 0.2) is 0 Å². The van der Waals surface area contributed by atoms with Gasteiger partial charge >= 0.3 is 0 Å². The molecule has 0 aromatic heterocycles. The maximum absolute atomic E-state index is 8.77. The number of rotatable bonds is 4.